The monoisotopic (exact) mass is 214 g/mol. The minimum atomic E-state index is -1.08. The van der Waals surface area contributed by atoms with Crippen LogP contribution in [0.3, 0.4) is 0 Å². The van der Waals surface area contributed by atoms with Crippen LogP contribution in [-0.4, -0.2) is 29.1 Å². The van der Waals surface area contributed by atoms with E-state index in [0.717, 1.165) is 0 Å². The summed E-state index contributed by atoms with van der Waals surface area (Å²) in [7, 11) is 0. The van der Waals surface area contributed by atoms with E-state index in [1.54, 1.807) is 6.92 Å². The second-order valence-corrected chi connectivity index (χ2v) is 2.94. The van der Waals surface area contributed by atoms with Crippen molar-refractivity contribution in [2.24, 2.45) is 0 Å². The van der Waals surface area contributed by atoms with Gasteiger partial charge in [-0.15, -0.1) is 6.58 Å². The van der Waals surface area contributed by atoms with Gasteiger partial charge in [0.15, 0.2) is 0 Å². The number of carbonyl (C=O) groups is 3. The molecule has 0 heterocycles. The molecule has 6 nitrogen and oxygen atoms in total. The molecular formula is C9H14N2O4. The lowest BCUT2D eigenvalue weighted by atomic mass is 10.3. The Kier molecular flexibility index (Phi) is 5.77. The van der Waals surface area contributed by atoms with Gasteiger partial charge in [-0.1, -0.05) is 6.08 Å². The van der Waals surface area contributed by atoms with Gasteiger partial charge in [0.05, 0.1) is 6.42 Å². The second kappa shape index (κ2) is 6.58. The molecule has 0 aliphatic rings. The molecule has 3 amide bonds. The highest BCUT2D eigenvalue weighted by Crippen LogP contribution is 1.88. The van der Waals surface area contributed by atoms with Gasteiger partial charge in [0.25, 0.3) is 0 Å². The van der Waals surface area contributed by atoms with E-state index in [9.17, 15) is 14.4 Å². The van der Waals surface area contributed by atoms with Gasteiger partial charge in [0.2, 0.25) is 5.91 Å². The molecule has 0 spiro atoms. The van der Waals surface area contributed by atoms with Crippen LogP contribution in [-0.2, 0) is 9.59 Å². The van der Waals surface area contributed by atoms with Crippen molar-refractivity contribution in [1.82, 2.24) is 10.6 Å². The number of carboxylic acids is 1. The van der Waals surface area contributed by atoms with Crippen molar-refractivity contribution in [1.29, 1.82) is 0 Å². The highest BCUT2D eigenvalue weighted by Gasteiger charge is 2.10. The minimum absolute atomic E-state index is 0.217. The van der Waals surface area contributed by atoms with Crippen LogP contribution in [0.5, 0.6) is 0 Å². The Hall–Kier alpha value is -1.85. The molecule has 0 saturated heterocycles. The third-order valence-corrected chi connectivity index (χ3v) is 1.53. The first-order chi connectivity index (χ1) is 6.95. The van der Waals surface area contributed by atoms with E-state index >= 15 is 0 Å². The molecule has 0 bridgehead atoms. The largest absolute Gasteiger partial charge is 0.481 e. The zero-order valence-electron chi connectivity index (χ0n) is 8.45. The number of urea groups is 1. The molecule has 1 atom stereocenters. The maximum atomic E-state index is 11.0. The summed E-state index contributed by atoms with van der Waals surface area (Å²) in [5.74, 6) is -1.70. The van der Waals surface area contributed by atoms with Crippen LogP contribution in [0.15, 0.2) is 12.7 Å². The summed E-state index contributed by atoms with van der Waals surface area (Å²) in [6, 6.07) is -0.907. The fourth-order valence-corrected chi connectivity index (χ4v) is 0.711. The maximum Gasteiger partial charge on any atom is 0.321 e. The van der Waals surface area contributed by atoms with Gasteiger partial charge in [0.1, 0.15) is 0 Å². The van der Waals surface area contributed by atoms with Crippen molar-refractivity contribution >= 4 is 17.9 Å². The van der Waals surface area contributed by atoms with E-state index in [4.69, 9.17) is 5.11 Å². The minimum Gasteiger partial charge on any atom is -0.481 e. The topological polar surface area (TPSA) is 95.5 Å². The molecule has 0 aromatic rings. The number of aliphatic carboxylic acids is 1. The average molecular weight is 214 g/mol. The average Bonchev–Trinajstić information content (AvgIpc) is 2.14. The molecule has 0 rings (SSSR count). The van der Waals surface area contributed by atoms with Crippen LogP contribution in [0.2, 0.25) is 0 Å². The van der Waals surface area contributed by atoms with Gasteiger partial charge in [0, 0.05) is 12.5 Å². The molecule has 15 heavy (non-hydrogen) atoms. The lowest BCUT2D eigenvalue weighted by Crippen LogP contribution is -2.42. The van der Waals surface area contributed by atoms with Crippen LogP contribution < -0.4 is 10.6 Å². The van der Waals surface area contributed by atoms with Crippen LogP contribution in [0.25, 0.3) is 0 Å². The first kappa shape index (κ1) is 13.2. The number of carbonyl (C=O) groups excluding carboxylic acids is 2. The van der Waals surface area contributed by atoms with Crippen molar-refractivity contribution in [3.63, 3.8) is 0 Å². The smallest absolute Gasteiger partial charge is 0.321 e. The molecule has 1 unspecified atom stereocenters. The lowest BCUT2D eigenvalue weighted by molar-refractivity contribution is -0.138. The van der Waals surface area contributed by atoms with Gasteiger partial charge >= 0.3 is 12.0 Å². The fourth-order valence-electron chi connectivity index (χ4n) is 0.711. The van der Waals surface area contributed by atoms with Crippen LogP contribution >= 0.6 is 0 Å². The zero-order chi connectivity index (χ0) is 11.8. The third-order valence-electron chi connectivity index (χ3n) is 1.53. The number of amides is 3. The lowest BCUT2D eigenvalue weighted by Gasteiger charge is -2.09. The van der Waals surface area contributed by atoms with Gasteiger partial charge in [-0.3, -0.25) is 14.9 Å². The van der Waals surface area contributed by atoms with Crippen LogP contribution in [0.1, 0.15) is 19.8 Å². The van der Waals surface area contributed by atoms with Crippen molar-refractivity contribution in [3.8, 4) is 0 Å². The quantitative estimate of drug-likeness (QED) is 0.572. The van der Waals surface area contributed by atoms with Gasteiger partial charge in [-0.05, 0) is 6.92 Å². The van der Waals surface area contributed by atoms with Crippen LogP contribution in [0.4, 0.5) is 4.79 Å². The van der Waals surface area contributed by atoms with Crippen molar-refractivity contribution < 1.29 is 19.5 Å². The summed E-state index contributed by atoms with van der Waals surface area (Å²) in [6.07, 6.45) is 0.989. The zero-order valence-corrected chi connectivity index (χ0v) is 8.45. The third kappa shape index (κ3) is 7.24. The Morgan fingerprint density at radius 2 is 2.00 bits per heavy atom. The Morgan fingerprint density at radius 1 is 1.40 bits per heavy atom. The Labute approximate surface area is 87.3 Å². The Morgan fingerprint density at radius 3 is 2.47 bits per heavy atom. The number of imide groups is 1. The standard InChI is InChI=1S/C9H14N2O4/c1-3-6(2)10-9(15)11-7(12)4-5-8(13)14/h3,6H,1,4-5H2,2H3,(H,13,14)(H2,10,11,12,15). The van der Waals surface area contributed by atoms with E-state index in [2.05, 4.69) is 11.9 Å². The molecule has 6 heteroatoms. The van der Waals surface area contributed by atoms with E-state index in [0.29, 0.717) is 0 Å². The van der Waals surface area contributed by atoms with E-state index in [1.165, 1.54) is 6.08 Å². The number of hydrogen-bond acceptors (Lipinski definition) is 3. The number of nitrogens with one attached hydrogen (secondary N) is 2. The summed E-state index contributed by atoms with van der Waals surface area (Å²) < 4.78 is 0. The first-order valence-corrected chi connectivity index (χ1v) is 4.40. The Bertz CT molecular complexity index is 275. The van der Waals surface area contributed by atoms with E-state index in [-0.39, 0.29) is 18.9 Å². The molecule has 0 saturated carbocycles. The van der Waals surface area contributed by atoms with Crippen LogP contribution in [0, 0.1) is 0 Å². The predicted octanol–water partition coefficient (Wildman–Crippen LogP) is 0.251. The highest BCUT2D eigenvalue weighted by atomic mass is 16.4. The van der Waals surface area contributed by atoms with E-state index in [1.807, 2.05) is 5.32 Å². The molecule has 3 N–H and O–H groups in total. The SMILES string of the molecule is C=CC(C)NC(=O)NC(=O)CCC(=O)O. The molecule has 0 aliphatic carbocycles. The van der Waals surface area contributed by atoms with Gasteiger partial charge in [-0.2, -0.15) is 0 Å². The summed E-state index contributed by atoms with van der Waals surface area (Å²) in [5, 5.41) is 12.7. The van der Waals surface area contributed by atoms with Crippen molar-refractivity contribution in [2.75, 3.05) is 0 Å². The molecule has 84 valence electrons. The van der Waals surface area contributed by atoms with Gasteiger partial charge < -0.3 is 10.4 Å². The number of rotatable bonds is 5. The molecule has 0 aromatic carbocycles. The molecule has 0 aliphatic heterocycles. The Balaban J connectivity index is 3.81. The van der Waals surface area contributed by atoms with E-state index < -0.39 is 17.9 Å². The molecule has 0 fully saturated rings. The van der Waals surface area contributed by atoms with Crippen molar-refractivity contribution in [3.05, 3.63) is 12.7 Å². The molecule has 0 aromatic heterocycles. The number of hydrogen-bond donors (Lipinski definition) is 3. The van der Waals surface area contributed by atoms with Gasteiger partial charge in [-0.25, -0.2) is 4.79 Å². The predicted molar refractivity (Wildman–Crippen MR) is 53.2 cm³/mol. The first-order valence-electron chi connectivity index (χ1n) is 4.40. The maximum absolute atomic E-state index is 11.0. The van der Waals surface area contributed by atoms with Crippen molar-refractivity contribution in [2.45, 2.75) is 25.8 Å². The summed E-state index contributed by atoms with van der Waals surface area (Å²) in [4.78, 5) is 32.1. The normalized spacial score (nSPS) is 11.3. The highest BCUT2D eigenvalue weighted by molar-refractivity contribution is 5.95. The second-order valence-electron chi connectivity index (χ2n) is 2.94. The molecular weight excluding hydrogens is 200 g/mol. The molecule has 0 radical (unpaired) electrons. The fraction of sp³-hybridized carbons (Fsp3) is 0.444. The summed E-state index contributed by atoms with van der Waals surface area (Å²) in [5.41, 5.74) is 0. The summed E-state index contributed by atoms with van der Waals surface area (Å²) in [6.45, 7) is 5.14. The number of carboxylic acid groups (broad SMARTS) is 1. The summed E-state index contributed by atoms with van der Waals surface area (Å²) >= 11 is 0.